The fraction of sp³-hybridized carbons (Fsp3) is 0.682. The Hall–Kier alpha value is -2.15. The molecule has 0 unspecified atom stereocenters. The number of piperidine rings is 1. The number of likely N-dealkylation sites (tertiary alicyclic amines) is 1. The summed E-state index contributed by atoms with van der Waals surface area (Å²) >= 11 is 0. The third kappa shape index (κ3) is 3.72. The van der Waals surface area contributed by atoms with Crippen molar-refractivity contribution in [1.29, 1.82) is 0 Å². The van der Waals surface area contributed by atoms with Gasteiger partial charge in [0, 0.05) is 62.2 Å². The highest BCUT2D eigenvalue weighted by Crippen LogP contribution is 2.28. The summed E-state index contributed by atoms with van der Waals surface area (Å²) < 4.78 is 1.60. The van der Waals surface area contributed by atoms with Gasteiger partial charge in [-0.05, 0) is 33.1 Å². The molecule has 0 bridgehead atoms. The van der Waals surface area contributed by atoms with Gasteiger partial charge in [0.15, 0.2) is 5.65 Å². The van der Waals surface area contributed by atoms with Crippen LogP contribution in [-0.2, 0) is 17.8 Å². The summed E-state index contributed by atoms with van der Waals surface area (Å²) in [6, 6.07) is 2.43. The minimum absolute atomic E-state index is 0.0185. The molecule has 4 rings (SSSR count). The summed E-state index contributed by atoms with van der Waals surface area (Å²) in [5, 5.41) is 3.32. The van der Waals surface area contributed by atoms with Crippen LogP contribution in [0.5, 0.6) is 0 Å². The Balaban J connectivity index is 1.62. The predicted octanol–water partition coefficient (Wildman–Crippen LogP) is 2.54. The fourth-order valence-corrected chi connectivity index (χ4v) is 4.59. The van der Waals surface area contributed by atoms with E-state index in [9.17, 15) is 9.59 Å². The van der Waals surface area contributed by atoms with Gasteiger partial charge < -0.3 is 4.90 Å². The van der Waals surface area contributed by atoms with Gasteiger partial charge in [-0.3, -0.25) is 19.6 Å². The summed E-state index contributed by atoms with van der Waals surface area (Å²) in [6.07, 6.45) is 3.70. The first-order valence-electron chi connectivity index (χ1n) is 11.0. The van der Waals surface area contributed by atoms with Gasteiger partial charge in [0.1, 0.15) is 0 Å². The van der Waals surface area contributed by atoms with Crippen LogP contribution in [-0.4, -0.2) is 56.0 Å². The molecule has 2 aliphatic rings. The molecule has 2 aromatic rings. The highest BCUT2D eigenvalue weighted by molar-refractivity contribution is 5.78. The molecule has 4 heterocycles. The van der Waals surface area contributed by atoms with Crippen LogP contribution >= 0.6 is 0 Å². The first kappa shape index (κ1) is 20.1. The van der Waals surface area contributed by atoms with Crippen molar-refractivity contribution in [3.8, 4) is 0 Å². The molecule has 7 nitrogen and oxygen atoms in total. The van der Waals surface area contributed by atoms with Crippen LogP contribution in [0.4, 0.5) is 0 Å². The maximum atomic E-state index is 13.1. The van der Waals surface area contributed by atoms with Crippen molar-refractivity contribution < 1.29 is 4.79 Å². The van der Waals surface area contributed by atoms with Crippen LogP contribution in [0.3, 0.4) is 0 Å². The number of aromatic amines is 1. The molecule has 1 fully saturated rings. The lowest BCUT2D eigenvalue weighted by atomic mass is 9.93. The first-order chi connectivity index (χ1) is 13.9. The fourth-order valence-electron chi connectivity index (χ4n) is 4.59. The van der Waals surface area contributed by atoms with Crippen LogP contribution in [0.1, 0.15) is 69.8 Å². The van der Waals surface area contributed by atoms with E-state index in [1.165, 1.54) is 0 Å². The number of hydrogen-bond acceptors (Lipinski definition) is 4. The van der Waals surface area contributed by atoms with Gasteiger partial charge in [-0.25, -0.2) is 9.50 Å². The van der Waals surface area contributed by atoms with Crippen molar-refractivity contribution in [2.75, 3.05) is 19.6 Å². The number of amides is 1. The van der Waals surface area contributed by atoms with Gasteiger partial charge in [-0.2, -0.15) is 0 Å². The second-order valence-corrected chi connectivity index (χ2v) is 8.99. The van der Waals surface area contributed by atoms with Crippen LogP contribution in [0.2, 0.25) is 0 Å². The van der Waals surface area contributed by atoms with Crippen molar-refractivity contribution in [3.63, 3.8) is 0 Å². The summed E-state index contributed by atoms with van der Waals surface area (Å²) in [4.78, 5) is 34.9. The summed E-state index contributed by atoms with van der Waals surface area (Å²) in [5.74, 6) is 0.534. The Kier molecular flexibility index (Phi) is 5.51. The van der Waals surface area contributed by atoms with E-state index in [-0.39, 0.29) is 23.3 Å². The Morgan fingerprint density at radius 3 is 2.83 bits per heavy atom. The zero-order chi connectivity index (χ0) is 20.7. The number of H-pyrrole nitrogens is 1. The molecule has 1 N–H and O–H groups in total. The zero-order valence-corrected chi connectivity index (χ0v) is 18.1. The third-order valence-electron chi connectivity index (χ3n) is 6.75. The molecule has 0 aromatic carbocycles. The molecule has 0 spiro atoms. The third-order valence-corrected chi connectivity index (χ3v) is 6.75. The van der Waals surface area contributed by atoms with Gasteiger partial charge in [-0.15, -0.1) is 0 Å². The number of nitrogens with one attached hydrogen (secondary N) is 1. The lowest BCUT2D eigenvalue weighted by Gasteiger charge is -2.33. The second kappa shape index (κ2) is 7.94. The molecule has 2 atom stereocenters. The molecule has 158 valence electrons. The number of carbonyl (C=O) groups is 1. The van der Waals surface area contributed by atoms with E-state index >= 15 is 0 Å². The standard InChI is InChI=1S/C22H33N5O2/c1-5-15(4)21(28)26-9-6-7-16(12-26)19-11-20-23-18-8-10-25(14(2)3)13-17(18)22(29)27(20)24-19/h11,14-16,24H,5-10,12-13H2,1-4H3/t15-,16+/m0/s1. The molecule has 0 saturated carbocycles. The monoisotopic (exact) mass is 399 g/mol. The van der Waals surface area contributed by atoms with Gasteiger partial charge in [0.25, 0.3) is 5.56 Å². The average molecular weight is 400 g/mol. The van der Waals surface area contributed by atoms with Crippen molar-refractivity contribution >= 4 is 11.6 Å². The van der Waals surface area contributed by atoms with Crippen molar-refractivity contribution in [2.24, 2.45) is 5.92 Å². The van der Waals surface area contributed by atoms with Crippen LogP contribution in [0.25, 0.3) is 5.65 Å². The van der Waals surface area contributed by atoms with Crippen LogP contribution in [0, 0.1) is 5.92 Å². The SMILES string of the molecule is CC[C@H](C)C(=O)N1CCC[C@@H](c2cc3nc4c(c(=O)n3[nH]2)CN(C(C)C)CC4)C1. The Bertz CT molecular complexity index is 960. The normalized spacial score (nSPS) is 21.6. The van der Waals surface area contributed by atoms with E-state index in [1.54, 1.807) is 4.52 Å². The molecule has 2 aromatic heterocycles. The predicted molar refractivity (Wildman–Crippen MR) is 113 cm³/mol. The molecule has 29 heavy (non-hydrogen) atoms. The quantitative estimate of drug-likeness (QED) is 0.857. The minimum Gasteiger partial charge on any atom is -0.342 e. The van der Waals surface area contributed by atoms with E-state index < -0.39 is 0 Å². The number of rotatable bonds is 4. The summed E-state index contributed by atoms with van der Waals surface area (Å²) in [7, 11) is 0. The Morgan fingerprint density at radius 2 is 2.10 bits per heavy atom. The topological polar surface area (TPSA) is 73.7 Å². The van der Waals surface area contributed by atoms with Crippen molar-refractivity contribution in [1.82, 2.24) is 24.4 Å². The Morgan fingerprint density at radius 1 is 1.31 bits per heavy atom. The average Bonchev–Trinajstić information content (AvgIpc) is 3.17. The van der Waals surface area contributed by atoms with Crippen molar-refractivity contribution in [3.05, 3.63) is 33.4 Å². The van der Waals surface area contributed by atoms with Gasteiger partial charge in [0.05, 0.1) is 11.3 Å². The van der Waals surface area contributed by atoms with E-state index in [4.69, 9.17) is 4.98 Å². The smallest absolute Gasteiger partial charge is 0.277 e. The second-order valence-electron chi connectivity index (χ2n) is 8.99. The van der Waals surface area contributed by atoms with Crippen molar-refractivity contribution in [2.45, 2.75) is 71.9 Å². The molecule has 7 heteroatoms. The van der Waals surface area contributed by atoms with E-state index in [1.807, 2.05) is 17.9 Å². The molecule has 0 radical (unpaired) electrons. The number of fused-ring (bicyclic) bond motifs is 2. The van der Waals surface area contributed by atoms with E-state index in [0.29, 0.717) is 24.8 Å². The van der Waals surface area contributed by atoms with E-state index in [2.05, 4.69) is 30.8 Å². The van der Waals surface area contributed by atoms with Gasteiger partial charge >= 0.3 is 0 Å². The Labute approximate surface area is 172 Å². The maximum Gasteiger partial charge on any atom is 0.277 e. The molecular weight excluding hydrogens is 366 g/mol. The van der Waals surface area contributed by atoms with E-state index in [0.717, 1.165) is 55.7 Å². The number of aromatic nitrogens is 3. The molecule has 0 aliphatic carbocycles. The summed E-state index contributed by atoms with van der Waals surface area (Å²) in [6.45, 7) is 11.5. The number of hydrogen-bond donors (Lipinski definition) is 1. The summed E-state index contributed by atoms with van der Waals surface area (Å²) in [5.41, 5.74) is 3.49. The zero-order valence-electron chi connectivity index (χ0n) is 18.1. The lowest BCUT2D eigenvalue weighted by molar-refractivity contribution is -0.136. The highest BCUT2D eigenvalue weighted by Gasteiger charge is 2.29. The molecular formula is C22H33N5O2. The van der Waals surface area contributed by atoms with Gasteiger partial charge in [-0.1, -0.05) is 13.8 Å². The number of nitrogens with zero attached hydrogens (tertiary/aromatic N) is 4. The highest BCUT2D eigenvalue weighted by atomic mass is 16.2. The molecule has 1 saturated heterocycles. The molecule has 1 amide bonds. The molecule has 2 aliphatic heterocycles. The van der Waals surface area contributed by atoms with Gasteiger partial charge in [0.2, 0.25) is 5.91 Å². The van der Waals surface area contributed by atoms with Crippen LogP contribution in [0.15, 0.2) is 10.9 Å². The number of carbonyl (C=O) groups excluding carboxylic acids is 1. The first-order valence-corrected chi connectivity index (χ1v) is 11.0. The maximum absolute atomic E-state index is 13.1. The van der Waals surface area contributed by atoms with Crippen LogP contribution < -0.4 is 5.56 Å². The minimum atomic E-state index is 0.0185. The lowest BCUT2D eigenvalue weighted by Crippen LogP contribution is -2.41. The largest absolute Gasteiger partial charge is 0.342 e.